The van der Waals surface area contributed by atoms with E-state index in [9.17, 15) is 19.5 Å². The van der Waals surface area contributed by atoms with Gasteiger partial charge in [-0.25, -0.2) is 19.4 Å². The van der Waals surface area contributed by atoms with Gasteiger partial charge in [0.2, 0.25) is 6.79 Å². The van der Waals surface area contributed by atoms with E-state index in [1.54, 1.807) is 44.4 Å². The molecule has 1 N–H and O–H groups in total. The lowest BCUT2D eigenvalue weighted by Gasteiger charge is -2.20. The van der Waals surface area contributed by atoms with Gasteiger partial charge >= 0.3 is 18.1 Å². The Labute approximate surface area is 259 Å². The van der Waals surface area contributed by atoms with E-state index < -0.39 is 36.1 Å². The Morgan fingerprint density at radius 2 is 1.59 bits per heavy atom. The average molecular weight is 609 g/mol. The van der Waals surface area contributed by atoms with Crippen molar-refractivity contribution >= 4 is 18.1 Å². The summed E-state index contributed by atoms with van der Waals surface area (Å²) in [6.45, 7) is 13.6. The fraction of sp³-hybridized carbons (Fsp3) is 0.471. The highest BCUT2D eigenvalue weighted by atomic mass is 16.8. The number of ether oxygens (including phenoxy) is 4. The van der Waals surface area contributed by atoms with Gasteiger partial charge in [-0.15, -0.1) is 0 Å². The molecule has 2 aromatic carbocycles. The summed E-state index contributed by atoms with van der Waals surface area (Å²) < 4.78 is 22.4. The minimum Gasteiger partial charge on any atom is -0.456 e. The summed E-state index contributed by atoms with van der Waals surface area (Å²) in [6.07, 6.45) is 0.954. The maximum absolute atomic E-state index is 13.4. The van der Waals surface area contributed by atoms with E-state index in [0.29, 0.717) is 17.8 Å². The molecule has 0 aliphatic heterocycles. The number of carbonyl (C=O) groups is 3. The summed E-state index contributed by atoms with van der Waals surface area (Å²) in [5.74, 6) is -0.576. The predicted octanol–water partition coefficient (Wildman–Crippen LogP) is 6.80. The minimum absolute atomic E-state index is 0.0729. The van der Waals surface area contributed by atoms with Gasteiger partial charge in [0.15, 0.2) is 5.69 Å². The summed E-state index contributed by atoms with van der Waals surface area (Å²) >= 11 is 0. The number of rotatable bonds is 12. The van der Waals surface area contributed by atoms with E-state index in [1.807, 2.05) is 57.2 Å². The van der Waals surface area contributed by atoms with E-state index in [1.165, 1.54) is 0 Å². The SMILES string of the molecule is CCCCc1nc(C(C)(C)O)c(C(=O)OCOC(=O)OC(C)C)n1Cc1ccc(-c2ccccc2C(=O)OC(C)(C)C)cc1. The number of aryl methyl sites for hydroxylation is 1. The van der Waals surface area contributed by atoms with Crippen molar-refractivity contribution in [3.63, 3.8) is 0 Å². The van der Waals surface area contributed by atoms with E-state index >= 15 is 0 Å². The number of benzene rings is 2. The molecule has 10 nitrogen and oxygen atoms in total. The van der Waals surface area contributed by atoms with Crippen molar-refractivity contribution in [3.05, 3.63) is 76.9 Å². The van der Waals surface area contributed by atoms with Crippen LogP contribution in [-0.4, -0.2) is 51.2 Å². The van der Waals surface area contributed by atoms with Crippen LogP contribution in [0.5, 0.6) is 0 Å². The van der Waals surface area contributed by atoms with Gasteiger partial charge in [-0.2, -0.15) is 0 Å². The number of aromatic nitrogens is 2. The third kappa shape index (κ3) is 9.41. The third-order valence-electron chi connectivity index (χ3n) is 6.42. The van der Waals surface area contributed by atoms with Gasteiger partial charge in [-0.1, -0.05) is 55.8 Å². The first-order valence-electron chi connectivity index (χ1n) is 14.8. The quantitative estimate of drug-likeness (QED) is 0.134. The molecule has 0 bridgehead atoms. The first kappa shape index (κ1) is 34.3. The molecule has 0 saturated carbocycles. The van der Waals surface area contributed by atoms with Crippen molar-refractivity contribution in [2.45, 2.75) is 98.5 Å². The summed E-state index contributed by atoms with van der Waals surface area (Å²) in [5.41, 5.74) is 1.05. The highest BCUT2D eigenvalue weighted by Crippen LogP contribution is 2.29. The Kier molecular flexibility index (Phi) is 11.3. The van der Waals surface area contributed by atoms with Crippen molar-refractivity contribution in [3.8, 4) is 11.1 Å². The molecular formula is C34H44N2O8. The smallest absolute Gasteiger partial charge is 0.456 e. The van der Waals surface area contributed by atoms with E-state index in [2.05, 4.69) is 11.9 Å². The molecule has 10 heteroatoms. The Balaban J connectivity index is 1.95. The fourth-order valence-electron chi connectivity index (χ4n) is 4.47. The lowest BCUT2D eigenvalue weighted by Crippen LogP contribution is -2.24. The number of nitrogens with zero attached hydrogens (tertiary/aromatic N) is 2. The van der Waals surface area contributed by atoms with Crippen LogP contribution < -0.4 is 0 Å². The molecule has 0 aliphatic rings. The second-order valence-corrected chi connectivity index (χ2v) is 12.3. The lowest BCUT2D eigenvalue weighted by molar-refractivity contribution is -0.0355. The van der Waals surface area contributed by atoms with Crippen LogP contribution in [0.3, 0.4) is 0 Å². The zero-order valence-electron chi connectivity index (χ0n) is 26.9. The Bertz CT molecular complexity index is 1440. The molecule has 0 unspecified atom stereocenters. The van der Waals surface area contributed by atoms with Crippen LogP contribution in [0, 0.1) is 0 Å². The molecule has 0 atom stereocenters. The normalized spacial score (nSPS) is 11.8. The van der Waals surface area contributed by atoms with Crippen molar-refractivity contribution < 1.29 is 38.4 Å². The highest BCUT2D eigenvalue weighted by Gasteiger charge is 2.33. The molecule has 0 amide bonds. The molecule has 0 spiro atoms. The standard InChI is InChI=1S/C34H44N2O8/c1-9-10-15-27-35-29(34(7,8)40)28(31(38)41-21-42-32(39)43-22(2)3)36(27)20-23-16-18-24(19-17-23)25-13-11-12-14-26(25)30(37)44-33(4,5)6/h11-14,16-19,22,40H,9-10,15,20-21H2,1-8H3. The van der Waals surface area contributed by atoms with Crippen molar-refractivity contribution in [1.82, 2.24) is 9.55 Å². The van der Waals surface area contributed by atoms with Crippen LogP contribution in [-0.2, 0) is 37.5 Å². The zero-order valence-corrected chi connectivity index (χ0v) is 26.9. The summed E-state index contributed by atoms with van der Waals surface area (Å²) in [4.78, 5) is 42.7. The maximum Gasteiger partial charge on any atom is 0.511 e. The number of hydrogen-bond acceptors (Lipinski definition) is 9. The Morgan fingerprint density at radius 3 is 2.18 bits per heavy atom. The summed E-state index contributed by atoms with van der Waals surface area (Å²) in [7, 11) is 0. The van der Waals surface area contributed by atoms with Crippen LogP contribution in [0.25, 0.3) is 11.1 Å². The molecule has 3 rings (SSSR count). The van der Waals surface area contributed by atoms with Crippen LogP contribution >= 0.6 is 0 Å². The molecular weight excluding hydrogens is 564 g/mol. The van der Waals surface area contributed by atoms with E-state index in [0.717, 1.165) is 29.5 Å². The number of esters is 2. The van der Waals surface area contributed by atoms with Gasteiger partial charge in [0.1, 0.15) is 22.7 Å². The van der Waals surface area contributed by atoms with Gasteiger partial charge in [-0.05, 0) is 77.6 Å². The topological polar surface area (TPSA) is 126 Å². The second kappa shape index (κ2) is 14.5. The van der Waals surface area contributed by atoms with Crippen LogP contribution in [0.1, 0.15) is 106 Å². The predicted molar refractivity (Wildman–Crippen MR) is 165 cm³/mol. The molecule has 0 saturated heterocycles. The summed E-state index contributed by atoms with van der Waals surface area (Å²) in [5, 5.41) is 10.9. The number of hydrogen-bond donors (Lipinski definition) is 1. The van der Waals surface area contributed by atoms with Crippen LogP contribution in [0.2, 0.25) is 0 Å². The zero-order chi connectivity index (χ0) is 32.7. The molecule has 238 valence electrons. The minimum atomic E-state index is -1.45. The van der Waals surface area contributed by atoms with Gasteiger partial charge in [0.05, 0.1) is 11.7 Å². The monoisotopic (exact) mass is 608 g/mol. The van der Waals surface area contributed by atoms with E-state index in [-0.39, 0.29) is 24.0 Å². The van der Waals surface area contributed by atoms with Crippen molar-refractivity contribution in [2.24, 2.45) is 0 Å². The average Bonchev–Trinajstić information content (AvgIpc) is 3.29. The van der Waals surface area contributed by atoms with Crippen molar-refractivity contribution in [2.75, 3.05) is 6.79 Å². The van der Waals surface area contributed by atoms with Gasteiger partial charge < -0.3 is 28.6 Å². The molecule has 0 radical (unpaired) electrons. The molecule has 0 aliphatic carbocycles. The molecule has 0 fully saturated rings. The fourth-order valence-corrected chi connectivity index (χ4v) is 4.47. The van der Waals surface area contributed by atoms with E-state index in [4.69, 9.17) is 18.9 Å². The third-order valence-corrected chi connectivity index (χ3v) is 6.42. The first-order chi connectivity index (χ1) is 20.6. The number of unbranched alkanes of at least 4 members (excludes halogenated alkanes) is 1. The number of aliphatic hydroxyl groups is 1. The number of carbonyl (C=O) groups excluding carboxylic acids is 3. The number of imidazole rings is 1. The van der Waals surface area contributed by atoms with Gasteiger partial charge in [0, 0.05) is 13.0 Å². The van der Waals surface area contributed by atoms with Gasteiger partial charge in [-0.3, -0.25) is 0 Å². The maximum atomic E-state index is 13.4. The second-order valence-electron chi connectivity index (χ2n) is 12.3. The first-order valence-corrected chi connectivity index (χ1v) is 14.8. The molecule has 3 aromatic rings. The highest BCUT2D eigenvalue weighted by molar-refractivity contribution is 5.97. The Hall–Kier alpha value is -4.18. The molecule has 44 heavy (non-hydrogen) atoms. The van der Waals surface area contributed by atoms with Crippen molar-refractivity contribution in [1.29, 1.82) is 0 Å². The van der Waals surface area contributed by atoms with Crippen LogP contribution in [0.4, 0.5) is 4.79 Å². The Morgan fingerprint density at radius 1 is 0.932 bits per heavy atom. The van der Waals surface area contributed by atoms with Crippen LogP contribution in [0.15, 0.2) is 48.5 Å². The summed E-state index contributed by atoms with van der Waals surface area (Å²) in [6, 6.07) is 14.9. The molecule has 1 aromatic heterocycles. The molecule has 1 heterocycles. The lowest BCUT2D eigenvalue weighted by atomic mass is 9.98. The largest absolute Gasteiger partial charge is 0.511 e. The van der Waals surface area contributed by atoms with Gasteiger partial charge in [0.25, 0.3) is 0 Å².